The number of nitrogens with one attached hydrogen (secondary N) is 2. The van der Waals surface area contributed by atoms with Crippen LogP contribution in [0.5, 0.6) is 0 Å². The molecular formula is C14H25N3O3. The fourth-order valence-electron chi connectivity index (χ4n) is 1.66. The smallest absolute Gasteiger partial charge is 0.191 e. The van der Waals surface area contributed by atoms with E-state index >= 15 is 0 Å². The number of hydrogen-bond donors (Lipinski definition) is 3. The molecule has 1 aromatic heterocycles. The van der Waals surface area contributed by atoms with Gasteiger partial charge in [-0.2, -0.15) is 0 Å². The van der Waals surface area contributed by atoms with Crippen molar-refractivity contribution < 1.29 is 14.3 Å². The molecule has 0 aliphatic rings. The van der Waals surface area contributed by atoms with Gasteiger partial charge in [0.1, 0.15) is 11.4 Å². The molecule has 1 heterocycles. The number of rotatable bonds is 8. The summed E-state index contributed by atoms with van der Waals surface area (Å²) >= 11 is 0. The summed E-state index contributed by atoms with van der Waals surface area (Å²) in [6, 6.07) is 3.50. The lowest BCUT2D eigenvalue weighted by atomic mass is 10.0. The summed E-state index contributed by atoms with van der Waals surface area (Å²) in [6.07, 6.45) is 2.44. The van der Waals surface area contributed by atoms with Crippen LogP contribution in [-0.2, 0) is 10.3 Å². The van der Waals surface area contributed by atoms with Gasteiger partial charge in [-0.1, -0.05) is 0 Å². The van der Waals surface area contributed by atoms with Crippen molar-refractivity contribution in [2.45, 2.75) is 25.9 Å². The average Bonchev–Trinajstić information content (AvgIpc) is 2.95. The van der Waals surface area contributed by atoms with Gasteiger partial charge in [-0.25, -0.2) is 4.99 Å². The van der Waals surface area contributed by atoms with Crippen LogP contribution in [0.3, 0.4) is 0 Å². The average molecular weight is 283 g/mol. The second-order valence-corrected chi connectivity index (χ2v) is 4.72. The summed E-state index contributed by atoms with van der Waals surface area (Å²) in [5.74, 6) is 1.19. The first-order chi connectivity index (χ1) is 9.60. The molecule has 0 saturated carbocycles. The Labute approximate surface area is 120 Å². The van der Waals surface area contributed by atoms with Gasteiger partial charge in [0.15, 0.2) is 5.96 Å². The van der Waals surface area contributed by atoms with E-state index in [9.17, 15) is 5.11 Å². The predicted octanol–water partition coefficient (Wildman–Crippen LogP) is 1.08. The zero-order valence-corrected chi connectivity index (χ0v) is 12.5. The summed E-state index contributed by atoms with van der Waals surface area (Å²) in [7, 11) is 1.68. The molecule has 1 atom stereocenters. The maximum Gasteiger partial charge on any atom is 0.191 e. The third-order valence-corrected chi connectivity index (χ3v) is 2.76. The van der Waals surface area contributed by atoms with Crippen LogP contribution in [0.25, 0.3) is 0 Å². The lowest BCUT2D eigenvalue weighted by Crippen LogP contribution is -2.39. The maximum absolute atomic E-state index is 10.3. The Bertz CT molecular complexity index is 388. The summed E-state index contributed by atoms with van der Waals surface area (Å²) in [6.45, 7) is 6.14. The normalized spacial score (nSPS) is 14.9. The van der Waals surface area contributed by atoms with Crippen molar-refractivity contribution in [3.63, 3.8) is 0 Å². The van der Waals surface area contributed by atoms with Crippen LogP contribution < -0.4 is 10.6 Å². The monoisotopic (exact) mass is 283 g/mol. The van der Waals surface area contributed by atoms with Gasteiger partial charge in [-0.3, -0.25) is 0 Å². The third-order valence-electron chi connectivity index (χ3n) is 2.76. The van der Waals surface area contributed by atoms with Crippen molar-refractivity contribution in [2.24, 2.45) is 4.99 Å². The highest BCUT2D eigenvalue weighted by Gasteiger charge is 2.25. The quantitative estimate of drug-likeness (QED) is 0.378. The zero-order valence-electron chi connectivity index (χ0n) is 12.5. The first-order valence-corrected chi connectivity index (χ1v) is 6.87. The first-order valence-electron chi connectivity index (χ1n) is 6.87. The standard InChI is InChI=1S/C14H25N3O3/c1-4-15-13(16-8-6-9-19-3)17-11-14(2,18)12-7-5-10-20-12/h5,7,10,18H,4,6,8-9,11H2,1-3H3,(H2,15,16,17). The number of ether oxygens (including phenoxy) is 1. The fourth-order valence-corrected chi connectivity index (χ4v) is 1.66. The van der Waals surface area contributed by atoms with E-state index in [2.05, 4.69) is 15.6 Å². The Kier molecular flexibility index (Phi) is 7.11. The van der Waals surface area contributed by atoms with E-state index in [0.29, 0.717) is 18.3 Å². The molecule has 6 heteroatoms. The van der Waals surface area contributed by atoms with Crippen LogP contribution in [0.15, 0.2) is 27.8 Å². The van der Waals surface area contributed by atoms with E-state index in [-0.39, 0.29) is 6.54 Å². The SMILES string of the molecule is CCNC(=NCC(C)(O)c1ccco1)NCCCOC. The van der Waals surface area contributed by atoms with Crippen LogP contribution in [-0.4, -0.2) is 44.4 Å². The number of methoxy groups -OCH3 is 1. The minimum atomic E-state index is -1.11. The largest absolute Gasteiger partial charge is 0.466 e. The molecule has 0 aromatic carbocycles. The lowest BCUT2D eigenvalue weighted by Gasteiger charge is -2.19. The molecule has 0 bridgehead atoms. The number of aliphatic hydroxyl groups is 1. The van der Waals surface area contributed by atoms with E-state index in [0.717, 1.165) is 19.5 Å². The van der Waals surface area contributed by atoms with Crippen molar-refractivity contribution >= 4 is 5.96 Å². The highest BCUT2D eigenvalue weighted by Crippen LogP contribution is 2.20. The van der Waals surface area contributed by atoms with E-state index in [1.165, 1.54) is 0 Å². The van der Waals surface area contributed by atoms with Crippen LogP contribution in [0.1, 0.15) is 26.0 Å². The Morgan fingerprint density at radius 1 is 1.50 bits per heavy atom. The van der Waals surface area contributed by atoms with Gasteiger partial charge in [0, 0.05) is 26.8 Å². The Morgan fingerprint density at radius 2 is 2.30 bits per heavy atom. The predicted molar refractivity (Wildman–Crippen MR) is 78.8 cm³/mol. The fraction of sp³-hybridized carbons (Fsp3) is 0.643. The number of guanidine groups is 1. The molecule has 3 N–H and O–H groups in total. The molecule has 0 aliphatic carbocycles. The number of furan rings is 1. The van der Waals surface area contributed by atoms with Gasteiger partial charge in [-0.15, -0.1) is 0 Å². The van der Waals surface area contributed by atoms with E-state index < -0.39 is 5.60 Å². The first kappa shape index (κ1) is 16.5. The lowest BCUT2D eigenvalue weighted by molar-refractivity contribution is 0.0437. The maximum atomic E-state index is 10.3. The molecule has 0 aliphatic heterocycles. The molecule has 114 valence electrons. The van der Waals surface area contributed by atoms with Crippen LogP contribution >= 0.6 is 0 Å². The van der Waals surface area contributed by atoms with Crippen molar-refractivity contribution in [3.8, 4) is 0 Å². The van der Waals surface area contributed by atoms with E-state index in [1.54, 1.807) is 32.4 Å². The molecule has 1 unspecified atom stereocenters. The molecule has 1 aromatic rings. The second kappa shape index (κ2) is 8.60. The van der Waals surface area contributed by atoms with Crippen molar-refractivity contribution in [3.05, 3.63) is 24.2 Å². The summed E-state index contributed by atoms with van der Waals surface area (Å²) in [5, 5.41) is 16.6. The number of aliphatic imine (C=N–C) groups is 1. The summed E-state index contributed by atoms with van der Waals surface area (Å²) < 4.78 is 10.2. The second-order valence-electron chi connectivity index (χ2n) is 4.72. The Hall–Kier alpha value is -1.53. The molecule has 0 amide bonds. The minimum absolute atomic E-state index is 0.222. The minimum Gasteiger partial charge on any atom is -0.466 e. The third kappa shape index (κ3) is 5.63. The van der Waals surface area contributed by atoms with Gasteiger partial charge < -0.3 is 24.9 Å². The van der Waals surface area contributed by atoms with E-state index in [4.69, 9.17) is 9.15 Å². The van der Waals surface area contributed by atoms with Crippen molar-refractivity contribution in [2.75, 3.05) is 33.4 Å². The number of nitrogens with zero attached hydrogens (tertiary/aromatic N) is 1. The summed E-state index contributed by atoms with van der Waals surface area (Å²) in [5.41, 5.74) is -1.11. The van der Waals surface area contributed by atoms with Gasteiger partial charge in [0.25, 0.3) is 0 Å². The van der Waals surface area contributed by atoms with Crippen molar-refractivity contribution in [1.29, 1.82) is 0 Å². The van der Waals surface area contributed by atoms with Crippen molar-refractivity contribution in [1.82, 2.24) is 10.6 Å². The Balaban J connectivity index is 2.53. The van der Waals surface area contributed by atoms with Crippen LogP contribution in [0.2, 0.25) is 0 Å². The van der Waals surface area contributed by atoms with Gasteiger partial charge in [0.2, 0.25) is 0 Å². The van der Waals surface area contributed by atoms with Gasteiger partial charge in [0.05, 0.1) is 12.8 Å². The van der Waals surface area contributed by atoms with Crippen LogP contribution in [0, 0.1) is 0 Å². The molecule has 0 radical (unpaired) electrons. The molecule has 6 nitrogen and oxygen atoms in total. The van der Waals surface area contributed by atoms with Crippen LogP contribution in [0.4, 0.5) is 0 Å². The zero-order chi connectivity index (χ0) is 14.8. The van der Waals surface area contributed by atoms with E-state index in [1.807, 2.05) is 6.92 Å². The summed E-state index contributed by atoms with van der Waals surface area (Å²) in [4.78, 5) is 4.38. The number of hydrogen-bond acceptors (Lipinski definition) is 4. The highest BCUT2D eigenvalue weighted by molar-refractivity contribution is 5.79. The Morgan fingerprint density at radius 3 is 2.90 bits per heavy atom. The highest BCUT2D eigenvalue weighted by atomic mass is 16.5. The van der Waals surface area contributed by atoms with Gasteiger partial charge >= 0.3 is 0 Å². The molecule has 0 saturated heterocycles. The molecule has 0 spiro atoms. The molecule has 1 rings (SSSR count). The molecule has 20 heavy (non-hydrogen) atoms. The van der Waals surface area contributed by atoms with Gasteiger partial charge in [-0.05, 0) is 32.4 Å². The molecule has 0 fully saturated rings. The molecular weight excluding hydrogens is 258 g/mol. The topological polar surface area (TPSA) is 79.0 Å².